The number of nitrogens with zero attached hydrogens (tertiary/aromatic N) is 3. The van der Waals surface area contributed by atoms with Crippen molar-refractivity contribution in [2.24, 2.45) is 0 Å². The second-order valence-electron chi connectivity index (χ2n) is 1.64. The first kappa shape index (κ1) is 5.16. The summed E-state index contributed by atoms with van der Waals surface area (Å²) in [7, 11) is 0. The Labute approximate surface area is 56.1 Å². The molecule has 0 fully saturated rings. The highest BCUT2D eigenvalue weighted by Crippen LogP contribution is 2.09. The van der Waals surface area contributed by atoms with Crippen LogP contribution in [0.15, 0.2) is 16.9 Å². The molecule has 1 N–H and O–H groups in total. The predicted octanol–water partition coefficient (Wildman–Crippen LogP) is 0.260. The highest BCUT2D eigenvalue weighted by molar-refractivity contribution is 5.41. The van der Waals surface area contributed by atoms with Crippen molar-refractivity contribution in [1.82, 2.24) is 20.4 Å². The summed E-state index contributed by atoms with van der Waals surface area (Å²) in [6.07, 6.45) is 5.59. The average Bonchev–Trinajstić information content (AvgIpc) is 2.59. The van der Waals surface area contributed by atoms with Crippen LogP contribution in [0.4, 0.5) is 0 Å². The summed E-state index contributed by atoms with van der Waals surface area (Å²) in [5, 5.41) is 9.46. The molecule has 49 valence electrons. The standard InChI is InChI=1S/C5H3N4O/c1-2-10-5(6-1)4-3-7-9-8-4/h1-2H,(H,7,8,9). The monoisotopic (exact) mass is 135 g/mol. The van der Waals surface area contributed by atoms with Crippen LogP contribution in [0.5, 0.6) is 0 Å². The van der Waals surface area contributed by atoms with Crippen molar-refractivity contribution in [3.8, 4) is 11.6 Å². The number of hydrogen-bond donors (Lipinski definition) is 1. The lowest BCUT2D eigenvalue weighted by Crippen LogP contribution is -1.75. The Balaban J connectivity index is 2.48. The molecule has 0 spiro atoms. The molecular weight excluding hydrogens is 132 g/mol. The topological polar surface area (TPSA) is 67.6 Å². The Kier molecular flexibility index (Phi) is 1.00. The van der Waals surface area contributed by atoms with Crippen LogP contribution in [-0.2, 0) is 0 Å². The third-order valence-corrected chi connectivity index (χ3v) is 1.02. The van der Waals surface area contributed by atoms with Gasteiger partial charge < -0.3 is 4.42 Å². The van der Waals surface area contributed by atoms with E-state index in [9.17, 15) is 0 Å². The third kappa shape index (κ3) is 0.680. The summed E-state index contributed by atoms with van der Waals surface area (Å²) in [5.41, 5.74) is 0.560. The zero-order valence-corrected chi connectivity index (χ0v) is 4.90. The maximum atomic E-state index is 4.92. The molecule has 2 rings (SSSR count). The highest BCUT2D eigenvalue weighted by Gasteiger charge is 2.02. The molecule has 5 heteroatoms. The lowest BCUT2D eigenvalue weighted by molar-refractivity contribution is 0.571. The van der Waals surface area contributed by atoms with E-state index in [1.165, 1.54) is 6.26 Å². The largest absolute Gasteiger partial charge is 0.443 e. The maximum absolute atomic E-state index is 4.92. The molecule has 0 unspecified atom stereocenters. The molecule has 2 aromatic rings. The van der Waals surface area contributed by atoms with Gasteiger partial charge in [-0.2, -0.15) is 0 Å². The van der Waals surface area contributed by atoms with E-state index in [2.05, 4.69) is 26.6 Å². The third-order valence-electron chi connectivity index (χ3n) is 1.02. The fourth-order valence-electron chi connectivity index (χ4n) is 0.618. The minimum Gasteiger partial charge on any atom is -0.443 e. The minimum atomic E-state index is 0.449. The van der Waals surface area contributed by atoms with Gasteiger partial charge in [-0.1, -0.05) is 5.21 Å². The normalized spacial score (nSPS) is 10.0. The van der Waals surface area contributed by atoms with E-state index in [-0.39, 0.29) is 0 Å². The summed E-state index contributed by atoms with van der Waals surface area (Å²) in [6.45, 7) is 0. The summed E-state index contributed by atoms with van der Waals surface area (Å²) >= 11 is 0. The van der Waals surface area contributed by atoms with Crippen LogP contribution in [0.3, 0.4) is 0 Å². The van der Waals surface area contributed by atoms with E-state index in [1.807, 2.05) is 0 Å². The van der Waals surface area contributed by atoms with Gasteiger partial charge in [0, 0.05) is 0 Å². The molecule has 2 aromatic heterocycles. The molecule has 5 nitrogen and oxygen atoms in total. The first-order chi connectivity index (χ1) is 4.97. The van der Waals surface area contributed by atoms with Crippen LogP contribution in [0.1, 0.15) is 0 Å². The number of rotatable bonds is 1. The van der Waals surface area contributed by atoms with Gasteiger partial charge in [-0.25, -0.2) is 4.98 Å². The molecule has 0 aliphatic carbocycles. The molecule has 0 bridgehead atoms. The van der Waals surface area contributed by atoms with E-state index in [0.717, 1.165) is 0 Å². The number of hydrogen-bond acceptors (Lipinski definition) is 4. The molecule has 0 saturated heterocycles. The fraction of sp³-hybridized carbons (Fsp3) is 0. The quantitative estimate of drug-likeness (QED) is 0.609. The van der Waals surface area contributed by atoms with Crippen molar-refractivity contribution in [2.75, 3.05) is 0 Å². The summed E-state index contributed by atoms with van der Waals surface area (Å²) in [6, 6.07) is 0. The molecule has 0 amide bonds. The number of aromatic nitrogens is 4. The van der Waals surface area contributed by atoms with Gasteiger partial charge in [0.2, 0.25) is 5.89 Å². The number of H-pyrrole nitrogens is 1. The van der Waals surface area contributed by atoms with Gasteiger partial charge in [0.05, 0.1) is 6.20 Å². The molecule has 1 radical (unpaired) electrons. The van der Waals surface area contributed by atoms with Gasteiger partial charge in [-0.3, -0.25) is 5.10 Å². The number of oxazole rings is 1. The summed E-state index contributed by atoms with van der Waals surface area (Å²) in [4.78, 5) is 3.85. The molecule has 10 heavy (non-hydrogen) atoms. The van der Waals surface area contributed by atoms with Crippen molar-refractivity contribution in [3.05, 3.63) is 18.7 Å². The fourth-order valence-corrected chi connectivity index (χ4v) is 0.618. The molecule has 2 heterocycles. The van der Waals surface area contributed by atoms with Crippen molar-refractivity contribution < 1.29 is 4.42 Å². The van der Waals surface area contributed by atoms with Crippen LogP contribution in [0.2, 0.25) is 0 Å². The van der Waals surface area contributed by atoms with E-state index < -0.39 is 0 Å². The van der Waals surface area contributed by atoms with Gasteiger partial charge >= 0.3 is 0 Å². The lowest BCUT2D eigenvalue weighted by atomic mass is 10.5. The SMILES string of the molecule is [c]1nn[nH]c1-c1ncco1. The lowest BCUT2D eigenvalue weighted by Gasteiger charge is -1.81. The second-order valence-corrected chi connectivity index (χ2v) is 1.64. The van der Waals surface area contributed by atoms with Gasteiger partial charge in [0.15, 0.2) is 5.69 Å². The number of aromatic amines is 1. The Morgan fingerprint density at radius 1 is 1.60 bits per heavy atom. The zero-order chi connectivity index (χ0) is 6.81. The number of nitrogens with one attached hydrogen (secondary N) is 1. The highest BCUT2D eigenvalue weighted by atomic mass is 16.3. The molecule has 0 aromatic carbocycles. The van der Waals surface area contributed by atoms with Gasteiger partial charge in [0.25, 0.3) is 0 Å². The molecule has 0 atom stereocenters. The molecular formula is C5H3N4O. The predicted molar refractivity (Wildman–Crippen MR) is 30.7 cm³/mol. The van der Waals surface area contributed by atoms with E-state index in [1.54, 1.807) is 6.20 Å². The van der Waals surface area contributed by atoms with Crippen molar-refractivity contribution in [3.63, 3.8) is 0 Å². The van der Waals surface area contributed by atoms with E-state index >= 15 is 0 Å². The average molecular weight is 135 g/mol. The van der Waals surface area contributed by atoms with Gasteiger partial charge in [-0.05, 0) is 0 Å². The van der Waals surface area contributed by atoms with E-state index in [4.69, 9.17) is 4.42 Å². The summed E-state index contributed by atoms with van der Waals surface area (Å²) < 4.78 is 4.92. The van der Waals surface area contributed by atoms with Crippen LogP contribution in [-0.4, -0.2) is 20.4 Å². The van der Waals surface area contributed by atoms with Crippen molar-refractivity contribution in [2.45, 2.75) is 0 Å². The molecule has 0 aliphatic heterocycles. The van der Waals surface area contributed by atoms with Gasteiger partial charge in [-0.15, -0.1) is 5.10 Å². The molecule has 0 saturated carbocycles. The zero-order valence-electron chi connectivity index (χ0n) is 4.90. The van der Waals surface area contributed by atoms with Crippen LogP contribution in [0, 0.1) is 6.20 Å². The van der Waals surface area contributed by atoms with Gasteiger partial charge in [0.1, 0.15) is 12.5 Å². The van der Waals surface area contributed by atoms with Crippen LogP contribution in [0.25, 0.3) is 11.6 Å². The Morgan fingerprint density at radius 2 is 2.60 bits per heavy atom. The van der Waals surface area contributed by atoms with Crippen molar-refractivity contribution >= 4 is 0 Å². The Bertz CT molecular complexity index is 253. The second kappa shape index (κ2) is 1.94. The van der Waals surface area contributed by atoms with E-state index in [0.29, 0.717) is 11.6 Å². The van der Waals surface area contributed by atoms with Crippen LogP contribution >= 0.6 is 0 Å². The van der Waals surface area contributed by atoms with Crippen LogP contribution < -0.4 is 0 Å². The Morgan fingerprint density at radius 3 is 3.20 bits per heavy atom. The Hall–Kier alpha value is -1.65. The minimum absolute atomic E-state index is 0.449. The first-order valence-electron chi connectivity index (χ1n) is 2.65. The first-order valence-corrected chi connectivity index (χ1v) is 2.65. The van der Waals surface area contributed by atoms with Crippen molar-refractivity contribution in [1.29, 1.82) is 0 Å². The smallest absolute Gasteiger partial charge is 0.246 e. The summed E-state index contributed by atoms with van der Waals surface area (Å²) in [5.74, 6) is 0.449. The maximum Gasteiger partial charge on any atom is 0.246 e. The molecule has 0 aliphatic rings.